The lowest BCUT2D eigenvalue weighted by molar-refractivity contribution is 0.250. The molecule has 2 N–H and O–H groups in total. The van der Waals surface area contributed by atoms with Crippen LogP contribution in [0.4, 0.5) is 5.82 Å². The summed E-state index contributed by atoms with van der Waals surface area (Å²) in [5.41, 5.74) is 2.47. The van der Waals surface area contributed by atoms with Gasteiger partial charge in [0.05, 0.1) is 6.54 Å². The summed E-state index contributed by atoms with van der Waals surface area (Å²) < 4.78 is 0. The average Bonchev–Trinajstić information content (AvgIpc) is 3.25. The second-order valence-electron chi connectivity index (χ2n) is 9.01. The number of aliphatic imine (C=N–C) groups is 1. The number of rotatable bonds is 7. The summed E-state index contributed by atoms with van der Waals surface area (Å²) in [4.78, 5) is 14.7. The molecular formula is C26H38N6. The van der Waals surface area contributed by atoms with Crippen molar-refractivity contribution in [2.24, 2.45) is 4.99 Å². The molecule has 0 bridgehead atoms. The van der Waals surface area contributed by atoms with Crippen molar-refractivity contribution in [1.29, 1.82) is 0 Å². The summed E-state index contributed by atoms with van der Waals surface area (Å²) in [5, 5.41) is 7.17. The number of nitrogens with one attached hydrogen (secondary N) is 2. The molecule has 172 valence electrons. The van der Waals surface area contributed by atoms with Crippen molar-refractivity contribution in [3.8, 4) is 0 Å². The van der Waals surface area contributed by atoms with E-state index in [1.165, 1.54) is 24.9 Å². The first kappa shape index (κ1) is 22.6. The molecule has 1 unspecified atom stereocenters. The Bertz CT molecular complexity index is 860. The van der Waals surface area contributed by atoms with Gasteiger partial charge >= 0.3 is 0 Å². The van der Waals surface area contributed by atoms with Crippen molar-refractivity contribution in [2.45, 2.75) is 58.2 Å². The molecule has 6 nitrogen and oxygen atoms in total. The summed E-state index contributed by atoms with van der Waals surface area (Å²) in [6, 6.07) is 18.1. The van der Waals surface area contributed by atoms with Crippen molar-refractivity contribution < 1.29 is 0 Å². The zero-order chi connectivity index (χ0) is 22.2. The van der Waals surface area contributed by atoms with Crippen molar-refractivity contribution >= 4 is 11.8 Å². The minimum absolute atomic E-state index is 0.456. The van der Waals surface area contributed by atoms with Gasteiger partial charge in [-0.1, -0.05) is 36.4 Å². The Morgan fingerprint density at radius 3 is 2.59 bits per heavy atom. The lowest BCUT2D eigenvalue weighted by Gasteiger charge is -2.34. The number of guanidine groups is 1. The predicted octanol–water partition coefficient (Wildman–Crippen LogP) is 3.58. The molecule has 0 aliphatic carbocycles. The molecule has 2 fully saturated rings. The molecule has 2 aliphatic rings. The third-order valence-electron chi connectivity index (χ3n) is 6.57. The summed E-state index contributed by atoms with van der Waals surface area (Å²) in [7, 11) is 0. The molecule has 1 aromatic carbocycles. The fourth-order valence-electron chi connectivity index (χ4n) is 4.80. The van der Waals surface area contributed by atoms with E-state index in [-0.39, 0.29) is 0 Å². The van der Waals surface area contributed by atoms with Gasteiger partial charge in [0.15, 0.2) is 5.96 Å². The Labute approximate surface area is 193 Å². The molecule has 0 spiro atoms. The number of benzene rings is 1. The minimum Gasteiger partial charge on any atom is -0.357 e. The average molecular weight is 435 g/mol. The second-order valence-corrected chi connectivity index (χ2v) is 9.01. The van der Waals surface area contributed by atoms with Gasteiger partial charge in [-0.15, -0.1) is 0 Å². The number of pyridine rings is 1. The minimum atomic E-state index is 0.456. The zero-order valence-corrected chi connectivity index (χ0v) is 19.6. The van der Waals surface area contributed by atoms with E-state index in [4.69, 9.17) is 4.99 Å². The maximum absolute atomic E-state index is 5.00. The number of hydrogen-bond acceptors (Lipinski definition) is 4. The van der Waals surface area contributed by atoms with Gasteiger partial charge in [-0.2, -0.15) is 0 Å². The van der Waals surface area contributed by atoms with Crippen LogP contribution >= 0.6 is 0 Å². The number of nitrogens with zero attached hydrogens (tertiary/aromatic N) is 4. The van der Waals surface area contributed by atoms with Gasteiger partial charge in [0.25, 0.3) is 0 Å². The molecule has 6 heteroatoms. The Hall–Kier alpha value is -2.60. The fourth-order valence-corrected chi connectivity index (χ4v) is 4.80. The highest BCUT2D eigenvalue weighted by molar-refractivity contribution is 5.80. The third kappa shape index (κ3) is 6.22. The summed E-state index contributed by atoms with van der Waals surface area (Å²) in [5.74, 6) is 2.06. The Morgan fingerprint density at radius 1 is 1.03 bits per heavy atom. The maximum atomic E-state index is 5.00. The number of hydrogen-bond donors (Lipinski definition) is 2. The molecule has 0 amide bonds. The largest absolute Gasteiger partial charge is 0.357 e. The smallest absolute Gasteiger partial charge is 0.191 e. The van der Waals surface area contributed by atoms with Gasteiger partial charge in [0.1, 0.15) is 5.82 Å². The SMILES string of the molecule is CCNC(=NCC1CCCN1Cc1ccccc1)NC1CCN(c2cccc(C)n2)CC1. The monoisotopic (exact) mass is 434 g/mol. The molecule has 2 saturated heterocycles. The van der Waals surface area contributed by atoms with E-state index in [0.717, 1.165) is 63.0 Å². The van der Waals surface area contributed by atoms with Crippen LogP contribution in [0.5, 0.6) is 0 Å². The van der Waals surface area contributed by atoms with Crippen LogP contribution in [-0.4, -0.2) is 60.7 Å². The molecular weight excluding hydrogens is 396 g/mol. The van der Waals surface area contributed by atoms with Crippen molar-refractivity contribution in [3.63, 3.8) is 0 Å². The Kier molecular flexibility index (Phi) is 7.99. The van der Waals surface area contributed by atoms with Crippen LogP contribution in [0.15, 0.2) is 53.5 Å². The van der Waals surface area contributed by atoms with E-state index in [2.05, 4.69) is 87.8 Å². The number of likely N-dealkylation sites (tertiary alicyclic amines) is 1. The molecule has 3 heterocycles. The molecule has 32 heavy (non-hydrogen) atoms. The van der Waals surface area contributed by atoms with Gasteiger partial charge in [-0.05, 0) is 63.8 Å². The van der Waals surface area contributed by atoms with Crippen LogP contribution in [0, 0.1) is 6.92 Å². The van der Waals surface area contributed by atoms with Gasteiger partial charge in [0.2, 0.25) is 0 Å². The quantitative estimate of drug-likeness (QED) is 0.515. The highest BCUT2D eigenvalue weighted by Gasteiger charge is 2.25. The second kappa shape index (κ2) is 11.3. The number of piperidine rings is 1. The molecule has 0 radical (unpaired) electrons. The molecule has 0 saturated carbocycles. The molecule has 4 rings (SSSR count). The predicted molar refractivity (Wildman–Crippen MR) is 133 cm³/mol. The number of anilines is 1. The van der Waals surface area contributed by atoms with Crippen LogP contribution in [-0.2, 0) is 6.54 Å². The summed E-state index contributed by atoms with van der Waals surface area (Å²) in [6.07, 6.45) is 4.70. The van der Waals surface area contributed by atoms with Gasteiger partial charge < -0.3 is 15.5 Å². The van der Waals surface area contributed by atoms with Crippen molar-refractivity contribution in [2.75, 3.05) is 37.6 Å². The fraction of sp³-hybridized carbons (Fsp3) is 0.538. The topological polar surface area (TPSA) is 55.8 Å². The van der Waals surface area contributed by atoms with Crippen LogP contribution in [0.2, 0.25) is 0 Å². The highest BCUT2D eigenvalue weighted by Crippen LogP contribution is 2.21. The summed E-state index contributed by atoms with van der Waals surface area (Å²) >= 11 is 0. The third-order valence-corrected chi connectivity index (χ3v) is 6.57. The van der Waals surface area contributed by atoms with E-state index in [1.54, 1.807) is 0 Å². The number of aryl methyl sites for hydroxylation is 1. The van der Waals surface area contributed by atoms with Crippen LogP contribution in [0.3, 0.4) is 0 Å². The van der Waals surface area contributed by atoms with Gasteiger partial charge in [0, 0.05) is 44.0 Å². The lowest BCUT2D eigenvalue weighted by Crippen LogP contribution is -2.49. The van der Waals surface area contributed by atoms with E-state index in [9.17, 15) is 0 Å². The molecule has 2 aromatic rings. The van der Waals surface area contributed by atoms with Gasteiger partial charge in [-0.25, -0.2) is 4.98 Å². The van der Waals surface area contributed by atoms with Gasteiger partial charge in [-0.3, -0.25) is 9.89 Å². The first-order chi connectivity index (χ1) is 15.7. The standard InChI is InChI=1S/C26H38N6/c1-3-27-26(28-19-24-12-8-16-32(24)20-22-10-5-4-6-11-22)30-23-14-17-31(18-15-23)25-13-7-9-21(2)29-25/h4-7,9-11,13,23-24H,3,8,12,14-20H2,1-2H3,(H2,27,28,30). The molecule has 1 aromatic heterocycles. The Morgan fingerprint density at radius 2 is 1.84 bits per heavy atom. The zero-order valence-electron chi connectivity index (χ0n) is 19.6. The van der Waals surface area contributed by atoms with Crippen LogP contribution in [0.25, 0.3) is 0 Å². The lowest BCUT2D eigenvalue weighted by atomic mass is 10.1. The van der Waals surface area contributed by atoms with Crippen LogP contribution < -0.4 is 15.5 Å². The van der Waals surface area contributed by atoms with Crippen LogP contribution in [0.1, 0.15) is 43.9 Å². The normalized spacial score (nSPS) is 20.5. The maximum Gasteiger partial charge on any atom is 0.191 e. The van der Waals surface area contributed by atoms with Crippen molar-refractivity contribution in [3.05, 3.63) is 59.8 Å². The molecule has 2 aliphatic heterocycles. The highest BCUT2D eigenvalue weighted by atomic mass is 15.2. The Balaban J connectivity index is 1.29. The van der Waals surface area contributed by atoms with E-state index in [1.807, 2.05) is 0 Å². The first-order valence-electron chi connectivity index (χ1n) is 12.2. The van der Waals surface area contributed by atoms with E-state index < -0.39 is 0 Å². The van der Waals surface area contributed by atoms with E-state index in [0.29, 0.717) is 12.1 Å². The van der Waals surface area contributed by atoms with E-state index >= 15 is 0 Å². The first-order valence-corrected chi connectivity index (χ1v) is 12.2. The summed E-state index contributed by atoms with van der Waals surface area (Å²) in [6.45, 7) is 10.2. The molecule has 1 atom stereocenters. The van der Waals surface area contributed by atoms with Crippen molar-refractivity contribution in [1.82, 2.24) is 20.5 Å². The number of aromatic nitrogens is 1.